The predicted octanol–water partition coefficient (Wildman–Crippen LogP) is 2.49. The van der Waals surface area contributed by atoms with Gasteiger partial charge in [-0.15, -0.1) is 0 Å². The fraction of sp³-hybridized carbons (Fsp3) is 0.455. The highest BCUT2D eigenvalue weighted by molar-refractivity contribution is 5.44. The Kier molecular flexibility index (Phi) is 2.78. The van der Waals surface area contributed by atoms with Crippen LogP contribution in [0.15, 0.2) is 18.2 Å². The zero-order chi connectivity index (χ0) is 11.7. The van der Waals surface area contributed by atoms with Crippen LogP contribution in [0.5, 0.6) is 5.75 Å². The van der Waals surface area contributed by atoms with Crippen molar-refractivity contribution in [1.29, 1.82) is 0 Å². The van der Waals surface area contributed by atoms with Gasteiger partial charge in [0.25, 0.3) is 5.69 Å². The molecular weight excluding hydrogens is 210 g/mol. The second kappa shape index (κ2) is 4.09. The Balaban J connectivity index is 2.25. The summed E-state index contributed by atoms with van der Waals surface area (Å²) in [4.78, 5) is 10.2. The molecule has 0 bridgehead atoms. The molecule has 86 valence electrons. The largest absolute Gasteiger partial charge is 0.464 e. The summed E-state index contributed by atoms with van der Waals surface area (Å²) < 4.78 is 11.0. The maximum Gasteiger partial charge on any atom is 0.270 e. The van der Waals surface area contributed by atoms with Crippen LogP contribution in [0.4, 0.5) is 5.69 Å². The summed E-state index contributed by atoms with van der Waals surface area (Å²) in [5.74, 6) is 0.930. The standard InChI is InChI=1S/C11H13NO4/c1-7(2)11-15-6-8-5-9(12(13)14)3-4-10(8)16-11/h3-5,7,11H,6H2,1-2H3. The summed E-state index contributed by atoms with van der Waals surface area (Å²) in [6, 6.07) is 4.57. The minimum absolute atomic E-state index is 0.0638. The van der Waals surface area contributed by atoms with Gasteiger partial charge in [-0.2, -0.15) is 0 Å². The molecule has 0 fully saturated rings. The summed E-state index contributed by atoms with van der Waals surface area (Å²) >= 11 is 0. The predicted molar refractivity (Wildman–Crippen MR) is 57.1 cm³/mol. The van der Waals surface area contributed by atoms with Gasteiger partial charge in [0.2, 0.25) is 6.29 Å². The Morgan fingerprint density at radius 2 is 2.25 bits per heavy atom. The van der Waals surface area contributed by atoms with Crippen molar-refractivity contribution in [1.82, 2.24) is 0 Å². The molecule has 1 aromatic rings. The van der Waals surface area contributed by atoms with Gasteiger partial charge in [-0.3, -0.25) is 10.1 Å². The van der Waals surface area contributed by atoms with Crippen LogP contribution in [0, 0.1) is 16.0 Å². The fourth-order valence-corrected chi connectivity index (χ4v) is 1.57. The Bertz CT molecular complexity index is 416. The van der Waals surface area contributed by atoms with E-state index in [-0.39, 0.29) is 17.9 Å². The zero-order valence-electron chi connectivity index (χ0n) is 9.17. The van der Waals surface area contributed by atoms with E-state index in [4.69, 9.17) is 9.47 Å². The number of non-ortho nitro benzene ring substituents is 1. The quantitative estimate of drug-likeness (QED) is 0.570. The molecule has 0 amide bonds. The van der Waals surface area contributed by atoms with Gasteiger partial charge >= 0.3 is 0 Å². The van der Waals surface area contributed by atoms with Crippen LogP contribution in [0.1, 0.15) is 19.4 Å². The molecule has 5 nitrogen and oxygen atoms in total. The molecule has 1 aromatic carbocycles. The molecule has 1 aliphatic heterocycles. The van der Waals surface area contributed by atoms with Crippen molar-refractivity contribution >= 4 is 5.69 Å². The lowest BCUT2D eigenvalue weighted by Crippen LogP contribution is -2.30. The molecule has 0 saturated heterocycles. The average molecular weight is 223 g/mol. The van der Waals surface area contributed by atoms with Crippen molar-refractivity contribution in [2.45, 2.75) is 26.7 Å². The maximum atomic E-state index is 10.6. The summed E-state index contributed by atoms with van der Waals surface area (Å²) in [5, 5.41) is 10.6. The number of nitrogens with zero attached hydrogens (tertiary/aromatic N) is 1. The summed E-state index contributed by atoms with van der Waals surface area (Å²) in [7, 11) is 0. The van der Waals surface area contributed by atoms with E-state index in [0.29, 0.717) is 12.4 Å². The lowest BCUT2D eigenvalue weighted by Gasteiger charge is -2.28. The second-order valence-corrected chi connectivity index (χ2v) is 4.09. The Hall–Kier alpha value is -1.62. The monoisotopic (exact) mass is 223 g/mol. The highest BCUT2D eigenvalue weighted by Crippen LogP contribution is 2.31. The number of ether oxygens (including phenoxy) is 2. The van der Waals surface area contributed by atoms with E-state index in [0.717, 1.165) is 5.56 Å². The molecule has 0 spiro atoms. The lowest BCUT2D eigenvalue weighted by molar-refractivity contribution is -0.385. The van der Waals surface area contributed by atoms with Crippen LogP contribution in [-0.2, 0) is 11.3 Å². The second-order valence-electron chi connectivity index (χ2n) is 4.09. The summed E-state index contributed by atoms with van der Waals surface area (Å²) in [5.41, 5.74) is 0.792. The van der Waals surface area contributed by atoms with E-state index in [9.17, 15) is 10.1 Å². The van der Waals surface area contributed by atoms with Crippen LogP contribution >= 0.6 is 0 Å². The molecule has 1 aliphatic rings. The van der Waals surface area contributed by atoms with Crippen LogP contribution in [0.25, 0.3) is 0 Å². The van der Waals surface area contributed by atoms with E-state index in [1.807, 2.05) is 13.8 Å². The van der Waals surface area contributed by atoms with Crippen molar-refractivity contribution in [3.8, 4) is 5.75 Å². The van der Waals surface area contributed by atoms with E-state index >= 15 is 0 Å². The topological polar surface area (TPSA) is 61.6 Å². The van der Waals surface area contributed by atoms with Gasteiger partial charge < -0.3 is 9.47 Å². The van der Waals surface area contributed by atoms with Crippen molar-refractivity contribution in [3.63, 3.8) is 0 Å². The van der Waals surface area contributed by atoms with Gasteiger partial charge in [0.15, 0.2) is 0 Å². The summed E-state index contributed by atoms with van der Waals surface area (Å²) in [6.45, 7) is 4.36. The molecule has 0 aromatic heterocycles. The van der Waals surface area contributed by atoms with Crippen molar-refractivity contribution in [2.24, 2.45) is 5.92 Å². The van der Waals surface area contributed by atoms with Gasteiger partial charge in [0.1, 0.15) is 5.75 Å². The number of rotatable bonds is 2. The maximum absolute atomic E-state index is 10.6. The minimum atomic E-state index is -0.422. The number of hydrogen-bond donors (Lipinski definition) is 0. The normalized spacial score (nSPS) is 19.1. The number of hydrogen-bond acceptors (Lipinski definition) is 4. The van der Waals surface area contributed by atoms with Gasteiger partial charge in [0.05, 0.1) is 11.5 Å². The van der Waals surface area contributed by atoms with Crippen molar-refractivity contribution in [2.75, 3.05) is 0 Å². The summed E-state index contributed by atoms with van der Waals surface area (Å²) in [6.07, 6.45) is -0.269. The molecule has 0 aliphatic carbocycles. The van der Waals surface area contributed by atoms with E-state index in [2.05, 4.69) is 0 Å². The average Bonchev–Trinajstić information content (AvgIpc) is 2.27. The first kappa shape index (κ1) is 10.9. The molecule has 1 unspecified atom stereocenters. The first-order valence-corrected chi connectivity index (χ1v) is 5.13. The van der Waals surface area contributed by atoms with Gasteiger partial charge in [-0.1, -0.05) is 13.8 Å². The van der Waals surface area contributed by atoms with Gasteiger partial charge in [-0.25, -0.2) is 0 Å². The van der Waals surface area contributed by atoms with Gasteiger partial charge in [-0.05, 0) is 6.07 Å². The van der Waals surface area contributed by atoms with Crippen LogP contribution in [0.2, 0.25) is 0 Å². The van der Waals surface area contributed by atoms with Crippen LogP contribution in [-0.4, -0.2) is 11.2 Å². The molecular formula is C11H13NO4. The molecule has 2 rings (SSSR count). The fourth-order valence-electron chi connectivity index (χ4n) is 1.57. The minimum Gasteiger partial charge on any atom is -0.464 e. The number of fused-ring (bicyclic) bond motifs is 1. The van der Waals surface area contributed by atoms with Gasteiger partial charge in [0, 0.05) is 23.6 Å². The highest BCUT2D eigenvalue weighted by Gasteiger charge is 2.24. The highest BCUT2D eigenvalue weighted by atomic mass is 16.7. The molecule has 0 N–H and O–H groups in total. The Morgan fingerprint density at radius 3 is 2.88 bits per heavy atom. The Morgan fingerprint density at radius 1 is 1.50 bits per heavy atom. The zero-order valence-corrected chi connectivity index (χ0v) is 9.17. The molecule has 1 atom stereocenters. The molecule has 16 heavy (non-hydrogen) atoms. The van der Waals surface area contributed by atoms with Crippen molar-refractivity contribution in [3.05, 3.63) is 33.9 Å². The molecule has 0 radical (unpaired) electrons. The Labute approximate surface area is 93.1 Å². The first-order chi connectivity index (χ1) is 7.58. The van der Waals surface area contributed by atoms with E-state index in [1.165, 1.54) is 12.1 Å². The molecule has 0 saturated carbocycles. The third-order valence-electron chi connectivity index (χ3n) is 2.45. The third-order valence-corrected chi connectivity index (χ3v) is 2.45. The SMILES string of the molecule is CC(C)C1OCc2cc([N+](=O)[O-])ccc2O1. The smallest absolute Gasteiger partial charge is 0.270 e. The molecule has 5 heteroatoms. The number of nitro groups is 1. The van der Waals surface area contributed by atoms with Crippen molar-refractivity contribution < 1.29 is 14.4 Å². The van der Waals surface area contributed by atoms with E-state index < -0.39 is 4.92 Å². The molecule has 1 heterocycles. The first-order valence-electron chi connectivity index (χ1n) is 5.13. The number of nitro benzene ring substituents is 1. The lowest BCUT2D eigenvalue weighted by atomic mass is 10.1. The van der Waals surface area contributed by atoms with Crippen LogP contribution in [0.3, 0.4) is 0 Å². The van der Waals surface area contributed by atoms with E-state index in [1.54, 1.807) is 6.07 Å². The third kappa shape index (κ3) is 1.99. The van der Waals surface area contributed by atoms with Crippen LogP contribution < -0.4 is 4.74 Å². The number of benzene rings is 1.